The van der Waals surface area contributed by atoms with Gasteiger partial charge in [0.2, 0.25) is 0 Å². The van der Waals surface area contributed by atoms with Crippen LogP contribution >= 0.6 is 0 Å². The normalized spacial score (nSPS) is 12.3. The molecule has 8 nitrogen and oxygen atoms in total. The first kappa shape index (κ1) is 18.7. The van der Waals surface area contributed by atoms with Gasteiger partial charge in [0.05, 0.1) is 0 Å². The zero-order valence-electron chi connectivity index (χ0n) is 15.0. The van der Waals surface area contributed by atoms with E-state index >= 15 is 0 Å². The second-order valence-corrected chi connectivity index (χ2v) is 5.84. The van der Waals surface area contributed by atoms with Crippen molar-refractivity contribution in [1.82, 2.24) is 10.3 Å². The van der Waals surface area contributed by atoms with E-state index in [-0.39, 0.29) is 17.5 Å². The first-order chi connectivity index (χ1) is 13.2. The summed E-state index contributed by atoms with van der Waals surface area (Å²) in [5.74, 6) is 0.558. The van der Waals surface area contributed by atoms with E-state index < -0.39 is 0 Å². The molecule has 0 bridgehead atoms. The molecule has 1 aliphatic heterocycles. The fourth-order valence-corrected chi connectivity index (χ4v) is 2.53. The Morgan fingerprint density at radius 3 is 2.74 bits per heavy atom. The molecule has 8 heteroatoms. The highest BCUT2D eigenvalue weighted by molar-refractivity contribution is 6.05. The molecule has 0 radical (unpaired) electrons. The highest BCUT2D eigenvalue weighted by atomic mass is 16.6. The van der Waals surface area contributed by atoms with Gasteiger partial charge in [-0.2, -0.15) is 0 Å². The van der Waals surface area contributed by atoms with Crippen molar-refractivity contribution in [2.75, 3.05) is 38.8 Å². The molecule has 1 aromatic heterocycles. The number of carbonyl (C=O) groups is 2. The summed E-state index contributed by atoms with van der Waals surface area (Å²) in [4.78, 5) is 28.6. The number of nitrogens with zero attached hydrogens (tertiary/aromatic N) is 1. The summed E-state index contributed by atoms with van der Waals surface area (Å²) in [7, 11) is 1.60. The molecule has 2 heterocycles. The maximum Gasteiger partial charge on any atom is 0.269 e. The fourth-order valence-electron chi connectivity index (χ4n) is 2.53. The standard InChI is InChI=1S/C19H21N3O5/c1-25-8-2-6-21-19(24)15-11-13(5-7-20-15)18(23)22-14-3-4-16-17(12-14)27-10-9-26-16/h3-5,7,11-12H,2,6,8-10H2,1H3,(H,21,24)(H,22,23). The van der Waals surface area contributed by atoms with Crippen LogP contribution in [0.15, 0.2) is 36.5 Å². The lowest BCUT2D eigenvalue weighted by atomic mass is 10.2. The summed E-state index contributed by atoms with van der Waals surface area (Å²) >= 11 is 0. The number of carbonyl (C=O) groups excluding carboxylic acids is 2. The number of pyridine rings is 1. The summed E-state index contributed by atoms with van der Waals surface area (Å²) in [5, 5.41) is 5.52. The smallest absolute Gasteiger partial charge is 0.269 e. The molecule has 27 heavy (non-hydrogen) atoms. The number of nitrogens with one attached hydrogen (secondary N) is 2. The van der Waals surface area contributed by atoms with E-state index in [9.17, 15) is 9.59 Å². The maximum absolute atomic E-state index is 12.5. The molecule has 3 rings (SSSR count). The second kappa shape index (κ2) is 9.00. The van der Waals surface area contributed by atoms with Gasteiger partial charge in [-0.3, -0.25) is 14.6 Å². The van der Waals surface area contributed by atoms with Gasteiger partial charge in [-0.25, -0.2) is 0 Å². The first-order valence-corrected chi connectivity index (χ1v) is 8.61. The minimum absolute atomic E-state index is 0.183. The average molecular weight is 371 g/mol. The van der Waals surface area contributed by atoms with Crippen molar-refractivity contribution >= 4 is 17.5 Å². The van der Waals surface area contributed by atoms with E-state index in [4.69, 9.17) is 14.2 Å². The number of fused-ring (bicyclic) bond motifs is 1. The molecule has 0 spiro atoms. The number of benzene rings is 1. The monoisotopic (exact) mass is 371 g/mol. The molecule has 0 fully saturated rings. The highest BCUT2D eigenvalue weighted by Gasteiger charge is 2.15. The van der Waals surface area contributed by atoms with Gasteiger partial charge in [-0.1, -0.05) is 0 Å². The van der Waals surface area contributed by atoms with Gasteiger partial charge in [0.1, 0.15) is 18.9 Å². The molecule has 2 amide bonds. The molecule has 1 aliphatic rings. The van der Waals surface area contributed by atoms with E-state index in [0.29, 0.717) is 55.5 Å². The highest BCUT2D eigenvalue weighted by Crippen LogP contribution is 2.32. The van der Waals surface area contributed by atoms with Crippen molar-refractivity contribution in [2.24, 2.45) is 0 Å². The molecule has 0 aliphatic carbocycles. The third-order valence-electron chi connectivity index (χ3n) is 3.87. The van der Waals surface area contributed by atoms with Gasteiger partial charge in [0.25, 0.3) is 11.8 Å². The lowest BCUT2D eigenvalue weighted by molar-refractivity contribution is 0.0943. The Morgan fingerprint density at radius 1 is 1.11 bits per heavy atom. The van der Waals surface area contributed by atoms with Crippen LogP contribution in [0.3, 0.4) is 0 Å². The Morgan fingerprint density at radius 2 is 1.93 bits per heavy atom. The van der Waals surface area contributed by atoms with Crippen LogP contribution in [0.5, 0.6) is 11.5 Å². The Bertz CT molecular complexity index is 825. The van der Waals surface area contributed by atoms with Crippen molar-refractivity contribution in [3.05, 3.63) is 47.8 Å². The van der Waals surface area contributed by atoms with E-state index in [1.54, 1.807) is 31.4 Å². The molecular weight excluding hydrogens is 350 g/mol. The predicted molar refractivity (Wildman–Crippen MR) is 98.4 cm³/mol. The number of hydrogen-bond donors (Lipinski definition) is 2. The first-order valence-electron chi connectivity index (χ1n) is 8.61. The topological polar surface area (TPSA) is 98.8 Å². The van der Waals surface area contributed by atoms with Gasteiger partial charge < -0.3 is 24.8 Å². The summed E-state index contributed by atoms with van der Waals surface area (Å²) in [5.41, 5.74) is 1.09. The van der Waals surface area contributed by atoms with Crippen molar-refractivity contribution in [3.8, 4) is 11.5 Å². The lowest BCUT2D eigenvalue weighted by Gasteiger charge is -2.19. The van der Waals surface area contributed by atoms with Gasteiger partial charge in [-0.15, -0.1) is 0 Å². The summed E-state index contributed by atoms with van der Waals surface area (Å²) < 4.78 is 15.9. The Labute approximate surface area is 156 Å². The Kier molecular flexibility index (Phi) is 6.22. The van der Waals surface area contributed by atoms with Crippen LogP contribution in [0.1, 0.15) is 27.3 Å². The molecule has 2 N–H and O–H groups in total. The van der Waals surface area contributed by atoms with Crippen LogP contribution in [0.25, 0.3) is 0 Å². The van der Waals surface area contributed by atoms with Crippen molar-refractivity contribution in [2.45, 2.75) is 6.42 Å². The van der Waals surface area contributed by atoms with E-state index in [1.807, 2.05) is 0 Å². The van der Waals surface area contributed by atoms with Crippen LogP contribution < -0.4 is 20.1 Å². The van der Waals surface area contributed by atoms with Crippen LogP contribution in [-0.2, 0) is 4.74 Å². The lowest BCUT2D eigenvalue weighted by Crippen LogP contribution is -2.26. The number of amides is 2. The molecule has 1 aromatic carbocycles. The predicted octanol–water partition coefficient (Wildman–Crippen LogP) is 1.87. The average Bonchev–Trinajstić information content (AvgIpc) is 2.71. The quantitative estimate of drug-likeness (QED) is 0.721. The molecule has 0 atom stereocenters. The largest absolute Gasteiger partial charge is 0.486 e. The van der Waals surface area contributed by atoms with Gasteiger partial charge >= 0.3 is 0 Å². The molecule has 0 unspecified atom stereocenters. The van der Waals surface area contributed by atoms with Crippen LogP contribution in [0, 0.1) is 0 Å². The van der Waals surface area contributed by atoms with E-state index in [2.05, 4.69) is 15.6 Å². The van der Waals surface area contributed by atoms with Crippen LogP contribution in [-0.4, -0.2) is 50.3 Å². The van der Waals surface area contributed by atoms with E-state index in [0.717, 1.165) is 0 Å². The third-order valence-corrected chi connectivity index (χ3v) is 3.87. The van der Waals surface area contributed by atoms with E-state index in [1.165, 1.54) is 12.3 Å². The zero-order chi connectivity index (χ0) is 19.1. The summed E-state index contributed by atoms with van der Waals surface area (Å²) in [6.07, 6.45) is 2.13. The number of ether oxygens (including phenoxy) is 3. The number of methoxy groups -OCH3 is 1. The minimum Gasteiger partial charge on any atom is -0.486 e. The number of hydrogen-bond acceptors (Lipinski definition) is 6. The molecule has 0 saturated carbocycles. The second-order valence-electron chi connectivity index (χ2n) is 5.84. The number of rotatable bonds is 7. The van der Waals surface area contributed by atoms with Crippen molar-refractivity contribution in [3.63, 3.8) is 0 Å². The zero-order valence-corrected chi connectivity index (χ0v) is 15.0. The number of anilines is 1. The summed E-state index contributed by atoms with van der Waals surface area (Å²) in [6.45, 7) is 2.01. The molecular formula is C19H21N3O5. The summed E-state index contributed by atoms with van der Waals surface area (Å²) in [6, 6.07) is 8.19. The fraction of sp³-hybridized carbons (Fsp3) is 0.316. The Balaban J connectivity index is 1.64. The SMILES string of the molecule is COCCCNC(=O)c1cc(C(=O)Nc2ccc3c(c2)OCCO3)ccn1. The molecule has 2 aromatic rings. The maximum atomic E-state index is 12.5. The number of aromatic nitrogens is 1. The van der Waals surface area contributed by atoms with Crippen molar-refractivity contribution in [1.29, 1.82) is 0 Å². The molecule has 0 saturated heterocycles. The molecule has 142 valence electrons. The van der Waals surface area contributed by atoms with Crippen molar-refractivity contribution < 1.29 is 23.8 Å². The Hall–Kier alpha value is -3.13. The van der Waals surface area contributed by atoms with Crippen LogP contribution in [0.2, 0.25) is 0 Å². The minimum atomic E-state index is -0.345. The van der Waals surface area contributed by atoms with Gasteiger partial charge in [-0.05, 0) is 30.7 Å². The van der Waals surface area contributed by atoms with Gasteiger partial charge in [0, 0.05) is 43.8 Å². The third kappa shape index (κ3) is 4.95. The van der Waals surface area contributed by atoms with Crippen LogP contribution in [0.4, 0.5) is 5.69 Å². The van der Waals surface area contributed by atoms with Gasteiger partial charge in [0.15, 0.2) is 11.5 Å².